The number of carbonyl (C=O) groups is 1. The second kappa shape index (κ2) is 11.8. The molecule has 0 bridgehead atoms. The first-order chi connectivity index (χ1) is 9.69. The molecule has 0 unspecified atom stereocenters. The van der Waals surface area contributed by atoms with Gasteiger partial charge in [0.05, 0.1) is 6.54 Å². The van der Waals surface area contributed by atoms with Crippen LogP contribution in [0.15, 0.2) is 4.99 Å². The van der Waals surface area contributed by atoms with Gasteiger partial charge in [-0.25, -0.2) is 4.79 Å². The molecule has 0 spiro atoms. The maximum Gasteiger partial charge on any atom is 0.410 e. The van der Waals surface area contributed by atoms with Gasteiger partial charge in [0.15, 0.2) is 5.96 Å². The first-order valence-electron chi connectivity index (χ1n) is 7.72. The zero-order valence-corrected chi connectivity index (χ0v) is 17.4. The van der Waals surface area contributed by atoms with Crippen molar-refractivity contribution >= 4 is 36.0 Å². The summed E-state index contributed by atoms with van der Waals surface area (Å²) in [5, 5.41) is 6.42. The number of nitrogens with one attached hydrogen (secondary N) is 2. The lowest BCUT2D eigenvalue weighted by Gasteiger charge is -2.26. The fourth-order valence-electron chi connectivity index (χ4n) is 1.58. The van der Waals surface area contributed by atoms with Gasteiger partial charge in [0.25, 0.3) is 0 Å². The maximum atomic E-state index is 12.0. The molecule has 0 aromatic heterocycles. The molecule has 0 aliphatic rings. The second-order valence-corrected chi connectivity index (χ2v) is 6.12. The lowest BCUT2D eigenvalue weighted by Crippen LogP contribution is -2.42. The summed E-state index contributed by atoms with van der Waals surface area (Å²) in [6.45, 7) is 16.2. The predicted molar refractivity (Wildman–Crippen MR) is 103 cm³/mol. The number of nitrogens with zero attached hydrogens (tertiary/aromatic N) is 2. The lowest BCUT2D eigenvalue weighted by atomic mass is 10.2. The predicted octanol–water partition coefficient (Wildman–Crippen LogP) is 2.82. The first-order valence-corrected chi connectivity index (χ1v) is 7.72. The van der Waals surface area contributed by atoms with Crippen LogP contribution in [0.3, 0.4) is 0 Å². The Kier molecular flexibility index (Phi) is 12.6. The summed E-state index contributed by atoms with van der Waals surface area (Å²) < 4.78 is 5.37. The molecule has 7 heteroatoms. The topological polar surface area (TPSA) is 66.0 Å². The number of halogens is 1. The number of rotatable bonds is 6. The van der Waals surface area contributed by atoms with Crippen LogP contribution in [-0.4, -0.2) is 54.8 Å². The summed E-state index contributed by atoms with van der Waals surface area (Å²) >= 11 is 0. The average molecular weight is 428 g/mol. The standard InChI is InChI=1S/C15H32N4O2.HI/c1-8-16-13(18-12(3)4)17-10-11-19(9-2)14(20)21-15(5,6)7;/h12H,8-11H2,1-7H3,(H2,16,17,18);1H. The SMILES string of the molecule is CCNC(=NCCN(CC)C(=O)OC(C)(C)C)NC(C)C.I. The normalized spacial score (nSPS) is 11.7. The molecular weight excluding hydrogens is 395 g/mol. The van der Waals surface area contributed by atoms with Crippen molar-refractivity contribution in [3.63, 3.8) is 0 Å². The molecule has 22 heavy (non-hydrogen) atoms. The fourth-order valence-corrected chi connectivity index (χ4v) is 1.58. The van der Waals surface area contributed by atoms with E-state index in [1.165, 1.54) is 0 Å². The van der Waals surface area contributed by atoms with Crippen molar-refractivity contribution in [3.8, 4) is 0 Å². The van der Waals surface area contributed by atoms with Crippen LogP contribution in [0.1, 0.15) is 48.5 Å². The van der Waals surface area contributed by atoms with Gasteiger partial charge in [-0.05, 0) is 48.5 Å². The van der Waals surface area contributed by atoms with E-state index in [2.05, 4.69) is 29.5 Å². The minimum absolute atomic E-state index is 0. The van der Waals surface area contributed by atoms with Gasteiger partial charge in [0.1, 0.15) is 5.60 Å². The van der Waals surface area contributed by atoms with E-state index in [0.29, 0.717) is 25.7 Å². The molecule has 0 aliphatic heterocycles. The van der Waals surface area contributed by atoms with Gasteiger partial charge in [-0.15, -0.1) is 24.0 Å². The van der Waals surface area contributed by atoms with Gasteiger partial charge in [-0.2, -0.15) is 0 Å². The minimum Gasteiger partial charge on any atom is -0.444 e. The van der Waals surface area contributed by atoms with E-state index in [1.807, 2.05) is 34.6 Å². The Hall–Kier alpha value is -0.730. The van der Waals surface area contributed by atoms with E-state index < -0.39 is 5.60 Å². The van der Waals surface area contributed by atoms with Crippen molar-refractivity contribution in [1.82, 2.24) is 15.5 Å². The Morgan fingerprint density at radius 1 is 1.27 bits per heavy atom. The Morgan fingerprint density at radius 2 is 1.86 bits per heavy atom. The number of ether oxygens (including phenoxy) is 1. The zero-order valence-electron chi connectivity index (χ0n) is 15.0. The first kappa shape index (κ1) is 23.5. The highest BCUT2D eigenvalue weighted by atomic mass is 127. The zero-order chi connectivity index (χ0) is 16.5. The summed E-state index contributed by atoms with van der Waals surface area (Å²) in [4.78, 5) is 18.1. The molecule has 1 amide bonds. The molecule has 2 N–H and O–H groups in total. The molecular formula is C15H33IN4O2. The second-order valence-electron chi connectivity index (χ2n) is 6.12. The number of aliphatic imine (C=N–C) groups is 1. The molecule has 6 nitrogen and oxygen atoms in total. The molecule has 0 aliphatic carbocycles. The minimum atomic E-state index is -0.470. The molecule has 0 atom stereocenters. The van der Waals surface area contributed by atoms with E-state index >= 15 is 0 Å². The number of likely N-dealkylation sites (N-methyl/N-ethyl adjacent to an activating group) is 1. The molecule has 0 aromatic rings. The Labute approximate surface area is 152 Å². The van der Waals surface area contributed by atoms with Gasteiger partial charge < -0.3 is 20.3 Å². The van der Waals surface area contributed by atoms with Gasteiger partial charge in [0.2, 0.25) is 0 Å². The van der Waals surface area contributed by atoms with Crippen molar-refractivity contribution < 1.29 is 9.53 Å². The van der Waals surface area contributed by atoms with E-state index in [9.17, 15) is 4.79 Å². The quantitative estimate of drug-likeness (QED) is 0.388. The highest BCUT2D eigenvalue weighted by molar-refractivity contribution is 14.0. The van der Waals surface area contributed by atoms with Gasteiger partial charge in [0, 0.05) is 25.7 Å². The van der Waals surface area contributed by atoms with Crippen LogP contribution in [0.5, 0.6) is 0 Å². The van der Waals surface area contributed by atoms with Crippen LogP contribution < -0.4 is 10.6 Å². The Balaban J connectivity index is 0. The van der Waals surface area contributed by atoms with Crippen LogP contribution in [-0.2, 0) is 4.74 Å². The number of carbonyl (C=O) groups excluding carboxylic acids is 1. The average Bonchev–Trinajstić information content (AvgIpc) is 2.31. The molecule has 0 radical (unpaired) electrons. The van der Waals surface area contributed by atoms with E-state index in [0.717, 1.165) is 12.5 Å². The van der Waals surface area contributed by atoms with E-state index in [1.54, 1.807) is 4.90 Å². The maximum absolute atomic E-state index is 12.0. The number of amides is 1. The van der Waals surface area contributed by atoms with Gasteiger partial charge in [-0.1, -0.05) is 0 Å². The highest BCUT2D eigenvalue weighted by Crippen LogP contribution is 2.09. The number of hydrogen-bond donors (Lipinski definition) is 2. The van der Waals surface area contributed by atoms with Crippen LogP contribution in [0.25, 0.3) is 0 Å². The third-order valence-electron chi connectivity index (χ3n) is 2.44. The molecule has 0 rings (SSSR count). The summed E-state index contributed by atoms with van der Waals surface area (Å²) in [5.41, 5.74) is -0.470. The summed E-state index contributed by atoms with van der Waals surface area (Å²) in [6, 6.07) is 0.316. The third-order valence-corrected chi connectivity index (χ3v) is 2.44. The van der Waals surface area contributed by atoms with Crippen molar-refractivity contribution in [2.24, 2.45) is 4.99 Å². The summed E-state index contributed by atoms with van der Waals surface area (Å²) in [6.07, 6.45) is -0.290. The van der Waals surface area contributed by atoms with E-state index in [4.69, 9.17) is 4.74 Å². The molecule has 0 saturated heterocycles. The third kappa shape index (κ3) is 11.9. The smallest absolute Gasteiger partial charge is 0.410 e. The Bertz CT molecular complexity index is 341. The summed E-state index contributed by atoms with van der Waals surface area (Å²) in [7, 11) is 0. The van der Waals surface area contributed by atoms with Crippen molar-refractivity contribution in [2.45, 2.75) is 60.1 Å². The number of guanidine groups is 1. The van der Waals surface area contributed by atoms with Crippen LogP contribution in [0.2, 0.25) is 0 Å². The Morgan fingerprint density at radius 3 is 2.27 bits per heavy atom. The molecule has 132 valence electrons. The van der Waals surface area contributed by atoms with Gasteiger partial charge in [-0.3, -0.25) is 4.99 Å². The van der Waals surface area contributed by atoms with Crippen LogP contribution in [0.4, 0.5) is 4.79 Å². The highest BCUT2D eigenvalue weighted by Gasteiger charge is 2.20. The van der Waals surface area contributed by atoms with E-state index in [-0.39, 0.29) is 30.1 Å². The molecule has 0 fully saturated rings. The largest absolute Gasteiger partial charge is 0.444 e. The monoisotopic (exact) mass is 428 g/mol. The number of hydrogen-bond acceptors (Lipinski definition) is 3. The van der Waals surface area contributed by atoms with Gasteiger partial charge >= 0.3 is 6.09 Å². The van der Waals surface area contributed by atoms with Crippen molar-refractivity contribution in [3.05, 3.63) is 0 Å². The molecule has 0 aromatic carbocycles. The molecule has 0 saturated carbocycles. The van der Waals surface area contributed by atoms with Crippen LogP contribution in [0, 0.1) is 0 Å². The fraction of sp³-hybridized carbons (Fsp3) is 0.867. The summed E-state index contributed by atoms with van der Waals surface area (Å²) in [5.74, 6) is 0.771. The molecule has 0 heterocycles. The van der Waals surface area contributed by atoms with Crippen LogP contribution >= 0.6 is 24.0 Å². The van der Waals surface area contributed by atoms with Crippen molar-refractivity contribution in [1.29, 1.82) is 0 Å². The van der Waals surface area contributed by atoms with Crippen molar-refractivity contribution in [2.75, 3.05) is 26.2 Å². The lowest BCUT2D eigenvalue weighted by molar-refractivity contribution is 0.0266.